The van der Waals surface area contributed by atoms with Gasteiger partial charge in [0, 0.05) is 31.3 Å². The number of aromatic nitrogens is 1. The molecule has 0 amide bonds. The first kappa shape index (κ1) is 17.4. The van der Waals surface area contributed by atoms with E-state index in [9.17, 15) is 0 Å². The van der Waals surface area contributed by atoms with Gasteiger partial charge in [-0.2, -0.15) is 0 Å². The minimum absolute atomic E-state index is 0.119. The van der Waals surface area contributed by atoms with Gasteiger partial charge in [0.15, 0.2) is 0 Å². The van der Waals surface area contributed by atoms with E-state index in [-0.39, 0.29) is 11.5 Å². The maximum Gasteiger partial charge on any atom is 0.0947 e. The summed E-state index contributed by atoms with van der Waals surface area (Å²) in [5, 5.41) is 6.80. The number of nitrogens with one attached hydrogen (secondary N) is 1. The Kier molecular flexibility index (Phi) is 5.84. The largest absolute Gasteiger partial charge is 0.313 e. The first-order chi connectivity index (χ1) is 9.81. The Bertz CT molecular complexity index is 619. The monoisotopic (exact) mass is 478 g/mol. The molecule has 0 aliphatic heterocycles. The maximum atomic E-state index is 4.81. The summed E-state index contributed by atoms with van der Waals surface area (Å²) in [6.07, 6.45) is 0.920. The minimum atomic E-state index is 0.119. The third kappa shape index (κ3) is 4.50. The van der Waals surface area contributed by atoms with E-state index in [1.807, 2.05) is 7.05 Å². The second-order valence-corrected chi connectivity index (χ2v) is 9.11. The van der Waals surface area contributed by atoms with Crippen LogP contribution in [0.25, 0.3) is 0 Å². The fourth-order valence-corrected chi connectivity index (χ4v) is 4.23. The lowest BCUT2D eigenvalue weighted by molar-refractivity contribution is 0.559. The van der Waals surface area contributed by atoms with E-state index >= 15 is 0 Å². The van der Waals surface area contributed by atoms with Crippen molar-refractivity contribution in [3.63, 3.8) is 0 Å². The molecule has 5 heteroatoms. The zero-order valence-electron chi connectivity index (χ0n) is 12.7. The van der Waals surface area contributed by atoms with Crippen molar-refractivity contribution >= 4 is 49.9 Å². The summed E-state index contributed by atoms with van der Waals surface area (Å²) in [5.74, 6) is 0. The molecule has 0 aliphatic carbocycles. The maximum absolute atomic E-state index is 4.81. The molecule has 0 radical (unpaired) electrons. The summed E-state index contributed by atoms with van der Waals surface area (Å²) in [4.78, 5) is 4.81. The third-order valence-corrected chi connectivity index (χ3v) is 5.73. The van der Waals surface area contributed by atoms with E-state index in [1.54, 1.807) is 11.3 Å². The predicted octanol–water partition coefficient (Wildman–Crippen LogP) is 5.31. The molecule has 21 heavy (non-hydrogen) atoms. The Hall–Kier alpha value is 0.0200. The molecule has 0 saturated heterocycles. The Morgan fingerprint density at radius 2 is 2.10 bits per heavy atom. The van der Waals surface area contributed by atoms with Gasteiger partial charge in [0.1, 0.15) is 0 Å². The molecule has 0 saturated carbocycles. The van der Waals surface area contributed by atoms with Crippen molar-refractivity contribution in [2.24, 2.45) is 0 Å². The van der Waals surface area contributed by atoms with E-state index in [0.717, 1.165) is 10.9 Å². The molecule has 0 bridgehead atoms. The van der Waals surface area contributed by atoms with Crippen LogP contribution < -0.4 is 5.32 Å². The van der Waals surface area contributed by atoms with Crippen LogP contribution in [-0.2, 0) is 11.8 Å². The molecular weight excluding hydrogens is 459 g/mol. The van der Waals surface area contributed by atoms with Crippen molar-refractivity contribution < 1.29 is 0 Å². The van der Waals surface area contributed by atoms with Crippen LogP contribution in [0.3, 0.4) is 0 Å². The molecule has 2 rings (SSSR count). The SMILES string of the molecule is CNC(Cc1nc(C(C)(C)C)cs1)c1cc(Br)ccc1I. The van der Waals surface area contributed by atoms with Crippen LogP contribution >= 0.6 is 49.9 Å². The lowest BCUT2D eigenvalue weighted by Crippen LogP contribution is -2.20. The van der Waals surface area contributed by atoms with Crippen molar-refractivity contribution in [1.29, 1.82) is 0 Å². The second kappa shape index (κ2) is 7.06. The van der Waals surface area contributed by atoms with Gasteiger partial charge >= 0.3 is 0 Å². The highest BCUT2D eigenvalue weighted by Gasteiger charge is 2.20. The van der Waals surface area contributed by atoms with Gasteiger partial charge in [0.25, 0.3) is 0 Å². The van der Waals surface area contributed by atoms with Gasteiger partial charge in [0.05, 0.1) is 10.7 Å². The van der Waals surface area contributed by atoms with E-state index in [0.29, 0.717) is 0 Å². The zero-order valence-corrected chi connectivity index (χ0v) is 17.3. The fourth-order valence-electron chi connectivity index (χ4n) is 2.07. The number of likely N-dealkylation sites (N-methyl/N-ethyl adjacent to an activating group) is 1. The van der Waals surface area contributed by atoms with Crippen LogP contribution in [0.4, 0.5) is 0 Å². The van der Waals surface area contributed by atoms with Gasteiger partial charge in [-0.1, -0.05) is 36.7 Å². The molecule has 1 N–H and O–H groups in total. The van der Waals surface area contributed by atoms with Crippen molar-refractivity contribution in [2.75, 3.05) is 7.05 Å². The van der Waals surface area contributed by atoms with Crippen molar-refractivity contribution in [3.8, 4) is 0 Å². The number of halogens is 2. The molecule has 1 unspecified atom stereocenters. The molecule has 0 aliphatic rings. The van der Waals surface area contributed by atoms with E-state index in [4.69, 9.17) is 4.98 Å². The topological polar surface area (TPSA) is 24.9 Å². The first-order valence-electron chi connectivity index (χ1n) is 6.88. The van der Waals surface area contributed by atoms with Crippen LogP contribution in [0.5, 0.6) is 0 Å². The van der Waals surface area contributed by atoms with Gasteiger partial charge in [0.2, 0.25) is 0 Å². The zero-order chi connectivity index (χ0) is 15.6. The number of rotatable bonds is 4. The highest BCUT2D eigenvalue weighted by atomic mass is 127. The van der Waals surface area contributed by atoms with Crippen LogP contribution in [-0.4, -0.2) is 12.0 Å². The highest BCUT2D eigenvalue weighted by molar-refractivity contribution is 14.1. The van der Waals surface area contributed by atoms with Crippen LogP contribution in [0.2, 0.25) is 0 Å². The minimum Gasteiger partial charge on any atom is -0.313 e. The number of thiazole rings is 1. The summed E-state index contributed by atoms with van der Waals surface area (Å²) >= 11 is 7.72. The summed E-state index contributed by atoms with van der Waals surface area (Å²) in [6.45, 7) is 6.62. The normalized spacial score (nSPS) is 13.4. The van der Waals surface area contributed by atoms with Gasteiger partial charge in [-0.3, -0.25) is 0 Å². The standard InChI is InChI=1S/C16H20BrIN2S/c1-16(2,3)14-9-21-15(20-14)8-13(19-4)11-7-10(17)5-6-12(11)18/h5-7,9,13,19H,8H2,1-4H3. The van der Waals surface area contributed by atoms with Gasteiger partial charge < -0.3 is 5.32 Å². The molecule has 1 heterocycles. The summed E-state index contributed by atoms with van der Waals surface area (Å²) in [7, 11) is 2.01. The highest BCUT2D eigenvalue weighted by Crippen LogP contribution is 2.29. The number of hydrogen-bond donors (Lipinski definition) is 1. The molecule has 0 fully saturated rings. The number of benzene rings is 1. The molecule has 114 valence electrons. The smallest absolute Gasteiger partial charge is 0.0947 e. The van der Waals surface area contributed by atoms with Crippen molar-refractivity contribution in [3.05, 3.63) is 47.9 Å². The quantitative estimate of drug-likeness (QED) is 0.602. The fraction of sp³-hybridized carbons (Fsp3) is 0.438. The van der Waals surface area contributed by atoms with Crippen molar-refractivity contribution in [1.82, 2.24) is 10.3 Å². The molecule has 2 nitrogen and oxygen atoms in total. The van der Waals surface area contributed by atoms with Crippen LogP contribution in [0.15, 0.2) is 28.1 Å². The van der Waals surface area contributed by atoms with Crippen LogP contribution in [0, 0.1) is 3.57 Å². The Morgan fingerprint density at radius 3 is 2.67 bits per heavy atom. The molecule has 2 aromatic rings. The molecule has 1 aromatic heterocycles. The third-order valence-electron chi connectivity index (χ3n) is 3.38. The predicted molar refractivity (Wildman–Crippen MR) is 103 cm³/mol. The number of hydrogen-bond acceptors (Lipinski definition) is 3. The Balaban J connectivity index is 2.23. The van der Waals surface area contributed by atoms with Gasteiger partial charge in [-0.25, -0.2) is 4.98 Å². The Labute approximate surface area is 153 Å². The summed E-state index contributed by atoms with van der Waals surface area (Å²) in [5.41, 5.74) is 2.62. The lowest BCUT2D eigenvalue weighted by Gasteiger charge is -2.18. The van der Waals surface area contributed by atoms with Crippen LogP contribution in [0.1, 0.15) is 43.1 Å². The van der Waals surface area contributed by atoms with Gasteiger partial charge in [-0.05, 0) is 53.4 Å². The summed E-state index contributed by atoms with van der Waals surface area (Å²) in [6, 6.07) is 6.71. The van der Waals surface area contributed by atoms with E-state index in [2.05, 4.69) is 88.2 Å². The molecule has 0 spiro atoms. The average Bonchev–Trinajstić information content (AvgIpc) is 2.87. The Morgan fingerprint density at radius 1 is 1.38 bits per heavy atom. The second-order valence-electron chi connectivity index (χ2n) is 6.09. The molecule has 1 aromatic carbocycles. The van der Waals surface area contributed by atoms with Gasteiger partial charge in [-0.15, -0.1) is 11.3 Å². The number of nitrogens with zero attached hydrogens (tertiary/aromatic N) is 1. The first-order valence-corrected chi connectivity index (χ1v) is 9.63. The molecule has 1 atom stereocenters. The summed E-state index contributed by atoms with van der Waals surface area (Å²) < 4.78 is 2.40. The van der Waals surface area contributed by atoms with E-state index < -0.39 is 0 Å². The molecular formula is C16H20BrIN2S. The average molecular weight is 479 g/mol. The van der Waals surface area contributed by atoms with Crippen molar-refractivity contribution in [2.45, 2.75) is 38.6 Å². The lowest BCUT2D eigenvalue weighted by atomic mass is 9.93. The van der Waals surface area contributed by atoms with E-state index in [1.165, 1.54) is 19.8 Å².